The van der Waals surface area contributed by atoms with E-state index in [2.05, 4.69) is 74.7 Å². The van der Waals surface area contributed by atoms with Gasteiger partial charge in [0.25, 0.3) is 0 Å². The molecule has 1 saturated heterocycles. The van der Waals surface area contributed by atoms with Crippen molar-refractivity contribution in [3.63, 3.8) is 0 Å². The van der Waals surface area contributed by atoms with Crippen LogP contribution in [0.2, 0.25) is 0 Å². The highest BCUT2D eigenvalue weighted by atomic mass is 16.7. The minimum atomic E-state index is -1.61. The maximum atomic E-state index is 13.4. The molecule has 1 rings (SSSR count). The van der Waals surface area contributed by atoms with Crippen LogP contribution in [-0.2, 0) is 23.8 Å². The topological polar surface area (TPSA) is 175 Å². The number of carbonyl (C=O) groups is 2. The summed E-state index contributed by atoms with van der Waals surface area (Å²) in [6.45, 7) is 5.67. The lowest BCUT2D eigenvalue weighted by atomic mass is 9.99. The third-order valence-electron chi connectivity index (χ3n) is 15.9. The zero-order valence-electron chi connectivity index (χ0n) is 52.4. The van der Waals surface area contributed by atoms with Gasteiger partial charge in [-0.25, -0.2) is 0 Å². The van der Waals surface area contributed by atoms with Gasteiger partial charge < -0.3 is 45.1 Å². The van der Waals surface area contributed by atoms with E-state index >= 15 is 0 Å². The molecule has 0 spiro atoms. The van der Waals surface area contributed by atoms with Gasteiger partial charge in [-0.2, -0.15) is 0 Å². The first-order valence-electron chi connectivity index (χ1n) is 34.1. The maximum absolute atomic E-state index is 13.4. The van der Waals surface area contributed by atoms with Crippen molar-refractivity contribution in [1.29, 1.82) is 0 Å². The summed E-state index contributed by atoms with van der Waals surface area (Å²) in [5.41, 5.74) is 0. The van der Waals surface area contributed by atoms with E-state index in [1.54, 1.807) is 6.08 Å². The first kappa shape index (κ1) is 76.4. The summed E-state index contributed by atoms with van der Waals surface area (Å²) in [6, 6.07) is -1.03. The predicted molar refractivity (Wildman–Crippen MR) is 338 cm³/mol. The Balaban J connectivity index is 2.53. The molecule has 0 aliphatic carbocycles. The number of rotatable bonds is 58. The van der Waals surface area contributed by atoms with E-state index in [1.807, 2.05) is 6.08 Å². The molecule has 8 unspecified atom stereocenters. The summed E-state index contributed by atoms with van der Waals surface area (Å²) in [5.74, 6) is -1.20. The number of hydrogen-bond acceptors (Lipinski definition) is 10. The van der Waals surface area contributed by atoms with Gasteiger partial charge in [0.1, 0.15) is 24.4 Å². The molecule has 1 aliphatic rings. The molecule has 0 bridgehead atoms. The Morgan fingerprint density at radius 2 is 0.889 bits per heavy atom. The largest absolute Gasteiger partial charge is 0.454 e. The first-order valence-corrected chi connectivity index (χ1v) is 34.1. The average Bonchev–Trinajstić information content (AvgIpc) is 3.50. The number of carbonyl (C=O) groups excluding carboxylic acids is 2. The average molecular weight is 1140 g/mol. The monoisotopic (exact) mass is 1140 g/mol. The number of esters is 1. The van der Waals surface area contributed by atoms with Gasteiger partial charge in [-0.05, 0) is 83.5 Å². The molecule has 6 N–H and O–H groups in total. The van der Waals surface area contributed by atoms with E-state index in [0.717, 1.165) is 96.3 Å². The SMILES string of the molecule is CC/C=C/C/C=C/CCCCCCCCC(O)C(=O)NC(COC1OC(CO)C(O)C(O)C1OC(=O)CCCCCCCCCCCCCCCCCCC/C=C\C/C=C\CCCCC)C(O)/C=C/CCCCCCCCCCCC. The smallest absolute Gasteiger partial charge is 0.306 e. The highest BCUT2D eigenvalue weighted by molar-refractivity contribution is 5.80. The summed E-state index contributed by atoms with van der Waals surface area (Å²) >= 11 is 0. The molecule has 1 fully saturated rings. The van der Waals surface area contributed by atoms with Crippen LogP contribution in [0.5, 0.6) is 0 Å². The fourth-order valence-electron chi connectivity index (χ4n) is 10.5. The van der Waals surface area contributed by atoms with Gasteiger partial charge in [-0.3, -0.25) is 9.59 Å². The molecule has 1 heterocycles. The minimum absolute atomic E-state index is 0.124. The zero-order valence-corrected chi connectivity index (χ0v) is 52.4. The number of amides is 1. The number of aliphatic hydroxyl groups is 5. The van der Waals surface area contributed by atoms with E-state index in [9.17, 15) is 35.1 Å². The van der Waals surface area contributed by atoms with E-state index in [0.29, 0.717) is 12.8 Å². The Bertz CT molecular complexity index is 1550. The highest BCUT2D eigenvalue weighted by Crippen LogP contribution is 2.26. The van der Waals surface area contributed by atoms with Gasteiger partial charge in [0.2, 0.25) is 5.91 Å². The molecular formula is C70H127NO10. The van der Waals surface area contributed by atoms with Gasteiger partial charge >= 0.3 is 5.97 Å². The van der Waals surface area contributed by atoms with Crippen molar-refractivity contribution in [3.05, 3.63) is 60.8 Å². The van der Waals surface area contributed by atoms with Crippen molar-refractivity contribution >= 4 is 11.9 Å². The number of aliphatic hydroxyl groups excluding tert-OH is 5. The molecule has 81 heavy (non-hydrogen) atoms. The van der Waals surface area contributed by atoms with Gasteiger partial charge in [0.15, 0.2) is 12.4 Å². The maximum Gasteiger partial charge on any atom is 0.306 e. The molecule has 1 amide bonds. The Morgan fingerprint density at radius 1 is 0.494 bits per heavy atom. The van der Waals surface area contributed by atoms with Crippen molar-refractivity contribution in [3.8, 4) is 0 Å². The third kappa shape index (κ3) is 45.4. The molecule has 472 valence electrons. The van der Waals surface area contributed by atoms with Crippen molar-refractivity contribution in [2.75, 3.05) is 13.2 Å². The van der Waals surface area contributed by atoms with Crippen LogP contribution in [0.4, 0.5) is 0 Å². The molecule has 11 heteroatoms. The number of allylic oxidation sites excluding steroid dienone is 9. The van der Waals surface area contributed by atoms with Crippen LogP contribution in [0.15, 0.2) is 60.8 Å². The normalized spacial score (nSPS) is 19.0. The van der Waals surface area contributed by atoms with E-state index in [-0.39, 0.29) is 19.4 Å². The van der Waals surface area contributed by atoms with Crippen LogP contribution >= 0.6 is 0 Å². The minimum Gasteiger partial charge on any atom is -0.454 e. The zero-order chi connectivity index (χ0) is 58.9. The van der Waals surface area contributed by atoms with Crippen LogP contribution in [0.25, 0.3) is 0 Å². The molecule has 0 radical (unpaired) electrons. The van der Waals surface area contributed by atoms with E-state index in [4.69, 9.17) is 14.2 Å². The molecule has 0 aromatic rings. The molecule has 0 aromatic heterocycles. The number of unbranched alkanes of at least 4 members (excludes halogenated alkanes) is 36. The Labute approximate surface area is 497 Å². The second kappa shape index (κ2) is 57.8. The number of nitrogens with one attached hydrogen (secondary N) is 1. The highest BCUT2D eigenvalue weighted by Gasteiger charge is 2.47. The van der Waals surface area contributed by atoms with Gasteiger partial charge in [-0.15, -0.1) is 0 Å². The second-order valence-electron chi connectivity index (χ2n) is 23.5. The summed E-state index contributed by atoms with van der Waals surface area (Å²) < 4.78 is 17.7. The lowest BCUT2D eigenvalue weighted by Gasteiger charge is -2.41. The van der Waals surface area contributed by atoms with E-state index < -0.39 is 67.4 Å². The van der Waals surface area contributed by atoms with Crippen LogP contribution < -0.4 is 5.32 Å². The van der Waals surface area contributed by atoms with Crippen LogP contribution in [0.3, 0.4) is 0 Å². The van der Waals surface area contributed by atoms with Crippen molar-refractivity contribution in [1.82, 2.24) is 5.32 Å². The first-order chi connectivity index (χ1) is 39.7. The summed E-state index contributed by atoms with van der Waals surface area (Å²) in [5, 5.41) is 57.1. The fraction of sp³-hybridized carbons (Fsp3) is 0.829. The van der Waals surface area contributed by atoms with Crippen LogP contribution in [-0.4, -0.2) is 99.6 Å². The fourth-order valence-corrected chi connectivity index (χ4v) is 10.5. The van der Waals surface area contributed by atoms with Crippen LogP contribution in [0.1, 0.15) is 310 Å². The lowest BCUT2D eigenvalue weighted by molar-refractivity contribution is -0.305. The molecule has 1 aliphatic heterocycles. The number of ether oxygens (including phenoxy) is 3. The van der Waals surface area contributed by atoms with Crippen molar-refractivity contribution < 1.29 is 49.3 Å². The Morgan fingerprint density at radius 3 is 1.35 bits per heavy atom. The Kier molecular flexibility index (Phi) is 54.5. The summed E-state index contributed by atoms with van der Waals surface area (Å²) in [6.07, 6.45) is 62.7. The van der Waals surface area contributed by atoms with E-state index in [1.165, 1.54) is 167 Å². The molecule has 0 saturated carbocycles. The summed E-state index contributed by atoms with van der Waals surface area (Å²) in [4.78, 5) is 26.6. The standard InChI is InChI=1S/C70H127NO10/c1-4-7-10-13-16-19-22-25-26-27-28-29-30-31-32-33-34-35-36-37-38-40-43-46-49-52-55-58-65(75)81-68-67(77)66(76)64(59-72)80-70(68)79-60-61(62(73)56-53-50-47-44-41-24-21-18-15-12-9-6-3)71-69(78)63(74)57-54-51-48-45-42-39-23-20-17-14-11-8-5-2/h8,11,16-17,19-20,25-26,53,56,61-64,66-68,70,72-74,76-77H,4-7,9-10,12-15,18,21-24,27-52,54-55,57-60H2,1-3H3,(H,71,78)/b11-8+,19-16-,20-17+,26-25-,56-53+. The molecule has 0 aromatic carbocycles. The van der Waals surface area contributed by atoms with Gasteiger partial charge in [0.05, 0.1) is 25.4 Å². The third-order valence-corrected chi connectivity index (χ3v) is 15.9. The number of hydrogen-bond donors (Lipinski definition) is 6. The lowest BCUT2D eigenvalue weighted by Crippen LogP contribution is -2.61. The predicted octanol–water partition coefficient (Wildman–Crippen LogP) is 17.0. The molecule has 11 nitrogen and oxygen atoms in total. The summed E-state index contributed by atoms with van der Waals surface area (Å²) in [7, 11) is 0. The van der Waals surface area contributed by atoms with Gasteiger partial charge in [-0.1, -0.05) is 281 Å². The quantitative estimate of drug-likeness (QED) is 0.0195. The Hall–Kier alpha value is -2.64. The second-order valence-corrected chi connectivity index (χ2v) is 23.5. The van der Waals surface area contributed by atoms with Crippen molar-refractivity contribution in [2.24, 2.45) is 0 Å². The molecule has 8 atom stereocenters. The van der Waals surface area contributed by atoms with Crippen molar-refractivity contribution in [2.45, 2.75) is 359 Å². The van der Waals surface area contributed by atoms with Crippen LogP contribution in [0, 0.1) is 0 Å². The van der Waals surface area contributed by atoms with Gasteiger partial charge in [0, 0.05) is 6.42 Å². The molecular weight excluding hydrogens is 1010 g/mol.